The van der Waals surface area contributed by atoms with Gasteiger partial charge in [-0.3, -0.25) is 0 Å². The smallest absolute Gasteiger partial charge is 0.0551 e. The Balaban J connectivity index is 2.30. The molecule has 1 nitrogen and oxygen atoms in total. The Hall–Kier alpha value is -0.830. The van der Waals surface area contributed by atoms with E-state index in [9.17, 15) is 0 Å². The van der Waals surface area contributed by atoms with Crippen molar-refractivity contribution < 1.29 is 0 Å². The molecule has 0 aromatic heterocycles. The fourth-order valence-corrected chi connectivity index (χ4v) is 2.96. The minimum atomic E-state index is 0.279. The molecule has 3 heteroatoms. The van der Waals surface area contributed by atoms with Gasteiger partial charge in [0.05, 0.1) is 5.02 Å². The standard InChI is InChI=1S/C18H21BrClN/c1-4-21-18(14-7-8-16(19)17(20)10-14)11-15-9-12(2)5-6-13(15)3/h5-10,18,21H,4,11H2,1-3H3. The van der Waals surface area contributed by atoms with Crippen molar-refractivity contribution in [3.05, 3.63) is 68.1 Å². The molecule has 0 aliphatic rings. The van der Waals surface area contributed by atoms with E-state index in [1.54, 1.807) is 0 Å². The highest BCUT2D eigenvalue weighted by molar-refractivity contribution is 9.10. The summed E-state index contributed by atoms with van der Waals surface area (Å²) in [4.78, 5) is 0. The van der Waals surface area contributed by atoms with Crippen LogP contribution in [0.1, 0.15) is 35.2 Å². The normalized spacial score (nSPS) is 12.4. The molecule has 2 aromatic rings. The van der Waals surface area contributed by atoms with Gasteiger partial charge in [0, 0.05) is 10.5 Å². The fraction of sp³-hybridized carbons (Fsp3) is 0.333. The molecule has 0 radical (unpaired) electrons. The number of nitrogens with one attached hydrogen (secondary N) is 1. The first-order chi connectivity index (χ1) is 10.0. The van der Waals surface area contributed by atoms with Crippen LogP contribution in [0.4, 0.5) is 0 Å². The summed E-state index contributed by atoms with van der Waals surface area (Å²) in [6.45, 7) is 7.38. The third kappa shape index (κ3) is 4.32. The molecule has 1 unspecified atom stereocenters. The van der Waals surface area contributed by atoms with E-state index in [-0.39, 0.29) is 6.04 Å². The summed E-state index contributed by atoms with van der Waals surface area (Å²) in [7, 11) is 0. The molecule has 0 saturated carbocycles. The van der Waals surface area contributed by atoms with Crippen LogP contribution in [0.2, 0.25) is 5.02 Å². The maximum absolute atomic E-state index is 6.24. The van der Waals surface area contributed by atoms with Crippen molar-refractivity contribution in [2.75, 3.05) is 6.54 Å². The van der Waals surface area contributed by atoms with Crippen molar-refractivity contribution in [2.45, 2.75) is 33.2 Å². The summed E-state index contributed by atoms with van der Waals surface area (Å²) in [5.41, 5.74) is 5.26. The molecule has 112 valence electrons. The summed E-state index contributed by atoms with van der Waals surface area (Å²) in [6, 6.07) is 13.1. The summed E-state index contributed by atoms with van der Waals surface area (Å²) in [5, 5.41) is 4.33. The lowest BCUT2D eigenvalue weighted by molar-refractivity contribution is 0.548. The van der Waals surface area contributed by atoms with Crippen LogP contribution < -0.4 is 5.32 Å². The van der Waals surface area contributed by atoms with Crippen molar-refractivity contribution >= 4 is 27.5 Å². The fourth-order valence-electron chi connectivity index (χ4n) is 2.52. The quantitative estimate of drug-likeness (QED) is 0.725. The van der Waals surface area contributed by atoms with E-state index < -0.39 is 0 Å². The Morgan fingerprint density at radius 2 is 1.90 bits per heavy atom. The molecule has 0 heterocycles. The van der Waals surface area contributed by atoms with Crippen LogP contribution in [0.15, 0.2) is 40.9 Å². The molecule has 0 amide bonds. The third-order valence-corrected chi connectivity index (χ3v) is 4.96. The lowest BCUT2D eigenvalue weighted by Crippen LogP contribution is -2.23. The Labute approximate surface area is 140 Å². The van der Waals surface area contributed by atoms with Gasteiger partial charge >= 0.3 is 0 Å². The number of hydrogen-bond donors (Lipinski definition) is 1. The molecule has 0 spiro atoms. The average Bonchev–Trinajstić information content (AvgIpc) is 2.45. The predicted octanol–water partition coefficient (Wildman–Crippen LogP) is 5.61. The monoisotopic (exact) mass is 365 g/mol. The summed E-state index contributed by atoms with van der Waals surface area (Å²) in [5.74, 6) is 0. The van der Waals surface area contributed by atoms with Crippen molar-refractivity contribution in [1.82, 2.24) is 5.32 Å². The Morgan fingerprint density at radius 1 is 1.14 bits per heavy atom. The molecular weight excluding hydrogens is 346 g/mol. The number of benzene rings is 2. The highest BCUT2D eigenvalue weighted by Crippen LogP contribution is 2.28. The lowest BCUT2D eigenvalue weighted by atomic mass is 9.95. The molecule has 1 atom stereocenters. The molecule has 1 N–H and O–H groups in total. The molecule has 21 heavy (non-hydrogen) atoms. The zero-order chi connectivity index (χ0) is 15.4. The van der Waals surface area contributed by atoms with E-state index in [0.29, 0.717) is 0 Å². The second-order valence-electron chi connectivity index (χ2n) is 5.42. The largest absolute Gasteiger partial charge is 0.310 e. The number of aryl methyl sites for hydroxylation is 2. The van der Waals surface area contributed by atoms with Gasteiger partial charge in [0.1, 0.15) is 0 Å². The summed E-state index contributed by atoms with van der Waals surface area (Å²) < 4.78 is 0.940. The maximum atomic E-state index is 6.24. The molecular formula is C18H21BrClN. The van der Waals surface area contributed by atoms with Crippen LogP contribution >= 0.6 is 27.5 Å². The van der Waals surface area contributed by atoms with Gasteiger partial charge in [0.15, 0.2) is 0 Å². The summed E-state index contributed by atoms with van der Waals surface area (Å²) in [6.07, 6.45) is 0.972. The highest BCUT2D eigenvalue weighted by atomic mass is 79.9. The highest BCUT2D eigenvalue weighted by Gasteiger charge is 2.14. The molecule has 0 saturated heterocycles. The van der Waals surface area contributed by atoms with E-state index in [1.807, 2.05) is 12.1 Å². The van der Waals surface area contributed by atoms with Gasteiger partial charge in [-0.05, 0) is 71.6 Å². The molecule has 0 aliphatic heterocycles. The number of hydrogen-bond acceptors (Lipinski definition) is 1. The van der Waals surface area contributed by atoms with Gasteiger partial charge in [0.25, 0.3) is 0 Å². The SMILES string of the molecule is CCNC(Cc1cc(C)ccc1C)c1ccc(Br)c(Cl)c1. The number of likely N-dealkylation sites (N-methyl/N-ethyl adjacent to an activating group) is 1. The first-order valence-corrected chi connectivity index (χ1v) is 8.42. The summed E-state index contributed by atoms with van der Waals surface area (Å²) >= 11 is 9.70. The predicted molar refractivity (Wildman–Crippen MR) is 95.2 cm³/mol. The second-order valence-corrected chi connectivity index (χ2v) is 6.68. The van der Waals surface area contributed by atoms with Gasteiger partial charge in [0.2, 0.25) is 0 Å². The zero-order valence-corrected chi connectivity index (χ0v) is 15.1. The molecule has 2 rings (SSSR count). The van der Waals surface area contributed by atoms with Crippen molar-refractivity contribution in [3.63, 3.8) is 0 Å². The first-order valence-electron chi connectivity index (χ1n) is 7.25. The molecule has 0 aliphatic carbocycles. The van der Waals surface area contributed by atoms with E-state index in [0.717, 1.165) is 22.5 Å². The maximum Gasteiger partial charge on any atom is 0.0551 e. The zero-order valence-electron chi connectivity index (χ0n) is 12.7. The van der Waals surface area contributed by atoms with E-state index >= 15 is 0 Å². The minimum absolute atomic E-state index is 0.279. The Kier molecular flexibility index (Phi) is 5.86. The van der Waals surface area contributed by atoms with E-state index in [2.05, 4.69) is 66.3 Å². The van der Waals surface area contributed by atoms with Crippen LogP contribution in [0.25, 0.3) is 0 Å². The second kappa shape index (κ2) is 7.44. The topological polar surface area (TPSA) is 12.0 Å². The lowest BCUT2D eigenvalue weighted by Gasteiger charge is -2.20. The van der Waals surface area contributed by atoms with Gasteiger partial charge < -0.3 is 5.32 Å². The van der Waals surface area contributed by atoms with Gasteiger partial charge in [-0.2, -0.15) is 0 Å². The number of halogens is 2. The van der Waals surface area contributed by atoms with Crippen LogP contribution in [-0.4, -0.2) is 6.54 Å². The Bertz CT molecular complexity index is 625. The third-order valence-electron chi connectivity index (χ3n) is 3.73. The van der Waals surface area contributed by atoms with Crippen LogP contribution in [0, 0.1) is 13.8 Å². The van der Waals surface area contributed by atoms with E-state index in [4.69, 9.17) is 11.6 Å². The van der Waals surface area contributed by atoms with E-state index in [1.165, 1.54) is 22.3 Å². The van der Waals surface area contributed by atoms with Crippen LogP contribution in [0.3, 0.4) is 0 Å². The van der Waals surface area contributed by atoms with Gasteiger partial charge in [-0.1, -0.05) is 48.4 Å². The molecule has 2 aromatic carbocycles. The molecule has 0 bridgehead atoms. The van der Waals surface area contributed by atoms with Gasteiger partial charge in [-0.25, -0.2) is 0 Å². The van der Waals surface area contributed by atoms with Crippen LogP contribution in [-0.2, 0) is 6.42 Å². The first kappa shape index (κ1) is 16.5. The van der Waals surface area contributed by atoms with Crippen LogP contribution in [0.5, 0.6) is 0 Å². The number of rotatable bonds is 5. The van der Waals surface area contributed by atoms with Gasteiger partial charge in [-0.15, -0.1) is 0 Å². The van der Waals surface area contributed by atoms with Crippen molar-refractivity contribution in [1.29, 1.82) is 0 Å². The molecule has 0 fully saturated rings. The Morgan fingerprint density at radius 3 is 2.57 bits per heavy atom. The minimum Gasteiger partial charge on any atom is -0.310 e. The van der Waals surface area contributed by atoms with Crippen molar-refractivity contribution in [3.8, 4) is 0 Å². The average molecular weight is 367 g/mol. The van der Waals surface area contributed by atoms with Crippen molar-refractivity contribution in [2.24, 2.45) is 0 Å².